The van der Waals surface area contributed by atoms with Gasteiger partial charge >= 0.3 is 18.2 Å². The quantitative estimate of drug-likeness (QED) is 0.0934. The summed E-state index contributed by atoms with van der Waals surface area (Å²) < 4.78 is 34.0. The predicted octanol–water partition coefficient (Wildman–Crippen LogP) is 10.2. The molecule has 2 amide bonds. The van der Waals surface area contributed by atoms with E-state index in [1.165, 1.54) is 4.90 Å². The normalized spacial score (nSPS) is 13.6. The van der Waals surface area contributed by atoms with Crippen LogP contribution in [0.25, 0.3) is 34.1 Å². The predicted molar refractivity (Wildman–Crippen MR) is 264 cm³/mol. The summed E-state index contributed by atoms with van der Waals surface area (Å²) in [6, 6.07) is 34.8. The topological polar surface area (TPSA) is 187 Å². The Kier molecular flexibility index (Phi) is 16.6. The second-order valence-electron chi connectivity index (χ2n) is 17.8. The number of carboxylic acid groups (broad SMARTS) is 1. The highest BCUT2D eigenvalue weighted by molar-refractivity contribution is 5.84. The number of aryl methyl sites for hydroxylation is 2. The van der Waals surface area contributed by atoms with Gasteiger partial charge in [-0.25, -0.2) is 19.6 Å². The van der Waals surface area contributed by atoms with Crippen molar-refractivity contribution in [2.45, 2.75) is 66.4 Å². The molecule has 0 fully saturated rings. The second kappa shape index (κ2) is 23.1. The molecule has 0 radical (unpaired) electrons. The molecule has 6 aromatic rings. The molecule has 366 valence electrons. The molecule has 2 N–H and O–H groups in total. The van der Waals surface area contributed by atoms with Gasteiger partial charge in [-0.15, -0.1) is 0 Å². The molecule has 4 aromatic carbocycles. The first-order valence-electron chi connectivity index (χ1n) is 23.3. The number of carboxylic acids is 1. The van der Waals surface area contributed by atoms with Crippen molar-refractivity contribution in [3.8, 4) is 34.4 Å². The molecule has 2 aliphatic heterocycles. The molecule has 15 nitrogen and oxygen atoms in total. The maximum Gasteiger partial charge on any atom is 0.410 e. The SMILES string of the molecule is CCOC(=O)N1CC(CC(=O)O)=C(c2ccc(OCCc3nc(-c4ccccc4)oc3C)cc2)C1.Cc1oc(-c2ccccc2)nc1CCOc1ccc(C2=C(CO)CN(C(=O)OC(C)(C)C)C2)cc1. The molecular weight excluding hydrogens is 893 g/mol. The van der Waals surface area contributed by atoms with Crippen LogP contribution >= 0.6 is 0 Å². The third-order valence-electron chi connectivity index (χ3n) is 11.5. The van der Waals surface area contributed by atoms with E-state index in [-0.39, 0.29) is 32.3 Å². The first-order valence-corrected chi connectivity index (χ1v) is 23.3. The van der Waals surface area contributed by atoms with Gasteiger partial charge in [0.05, 0.1) is 50.8 Å². The van der Waals surface area contributed by atoms with Crippen molar-refractivity contribution in [3.05, 3.63) is 154 Å². The van der Waals surface area contributed by atoms with E-state index in [0.29, 0.717) is 68.8 Å². The van der Waals surface area contributed by atoms with Crippen LogP contribution in [0.5, 0.6) is 11.5 Å². The van der Waals surface area contributed by atoms with E-state index >= 15 is 0 Å². The average molecular weight is 953 g/mol. The van der Waals surface area contributed by atoms with Crippen LogP contribution in [0.4, 0.5) is 9.59 Å². The Morgan fingerprint density at radius 2 is 1.06 bits per heavy atom. The fraction of sp³-hybridized carbons (Fsp3) is 0.327. The van der Waals surface area contributed by atoms with E-state index < -0.39 is 17.7 Å². The Morgan fingerprint density at radius 1 is 0.614 bits per heavy atom. The van der Waals surface area contributed by atoms with Gasteiger partial charge in [0, 0.05) is 43.6 Å². The van der Waals surface area contributed by atoms with Gasteiger partial charge in [0.15, 0.2) is 0 Å². The van der Waals surface area contributed by atoms with Crippen LogP contribution in [-0.2, 0) is 27.1 Å². The second-order valence-corrected chi connectivity index (χ2v) is 17.8. The molecule has 2 aliphatic rings. The molecule has 4 heterocycles. The molecule has 15 heteroatoms. The number of aliphatic carboxylic acids is 1. The van der Waals surface area contributed by atoms with Crippen LogP contribution in [0.15, 0.2) is 129 Å². The number of benzene rings is 4. The number of carbonyl (C=O) groups is 3. The third-order valence-corrected chi connectivity index (χ3v) is 11.5. The summed E-state index contributed by atoms with van der Waals surface area (Å²) in [5.74, 6) is 3.29. The lowest BCUT2D eigenvalue weighted by molar-refractivity contribution is -0.136. The third kappa shape index (κ3) is 13.3. The Morgan fingerprint density at radius 3 is 1.49 bits per heavy atom. The van der Waals surface area contributed by atoms with Gasteiger partial charge in [0.2, 0.25) is 11.8 Å². The van der Waals surface area contributed by atoms with E-state index in [9.17, 15) is 24.6 Å². The minimum atomic E-state index is -0.929. The lowest BCUT2D eigenvalue weighted by Crippen LogP contribution is -2.35. The lowest BCUT2D eigenvalue weighted by Gasteiger charge is -2.24. The molecule has 2 aromatic heterocycles. The number of oxazole rings is 2. The van der Waals surface area contributed by atoms with Crippen molar-refractivity contribution in [3.63, 3.8) is 0 Å². The summed E-state index contributed by atoms with van der Waals surface area (Å²) in [6.07, 6.45) is 0.299. The van der Waals surface area contributed by atoms with Gasteiger partial charge in [-0.2, -0.15) is 0 Å². The number of aliphatic hydroxyl groups is 1. The van der Waals surface area contributed by atoms with Crippen LogP contribution in [0, 0.1) is 13.8 Å². The van der Waals surface area contributed by atoms with Gasteiger partial charge in [0.25, 0.3) is 0 Å². The summed E-state index contributed by atoms with van der Waals surface area (Å²) in [5.41, 5.74) is 8.17. The molecule has 0 saturated heterocycles. The molecule has 8 rings (SSSR count). The highest BCUT2D eigenvalue weighted by Gasteiger charge is 2.31. The number of rotatable bonds is 16. The zero-order valence-corrected chi connectivity index (χ0v) is 40.5. The minimum Gasteiger partial charge on any atom is -0.493 e. The molecule has 0 unspecified atom stereocenters. The van der Waals surface area contributed by atoms with E-state index in [1.807, 2.05) is 144 Å². The maximum absolute atomic E-state index is 12.5. The zero-order chi connectivity index (χ0) is 49.8. The number of amides is 2. The number of carbonyl (C=O) groups excluding carboxylic acids is 2. The van der Waals surface area contributed by atoms with Crippen molar-refractivity contribution in [1.29, 1.82) is 0 Å². The standard InChI is InChI=1S/C28H32N2O5.C27H28N2O6/c1-19-25(29-26(34-19)21-8-6-5-7-9-21)14-15-33-23-12-10-20(11-13-23)24-17-30(16-22(24)18-31)27(32)35-28(2,3)4;1-3-33-27(32)29-16-21(15-25(30)31)23(17-29)19-9-11-22(12-10-19)34-14-13-24-18(2)35-26(28-24)20-7-5-4-6-8-20/h5-13,31H,14-18H2,1-4H3;4-12H,3,13-17H2,1-2H3,(H,30,31). The monoisotopic (exact) mass is 952 g/mol. The van der Waals surface area contributed by atoms with Crippen molar-refractivity contribution in [2.24, 2.45) is 0 Å². The van der Waals surface area contributed by atoms with Crippen LogP contribution in [0.1, 0.15) is 68.2 Å². The van der Waals surface area contributed by atoms with E-state index in [1.54, 1.807) is 11.8 Å². The summed E-state index contributed by atoms with van der Waals surface area (Å²) in [7, 11) is 0. The maximum atomic E-state index is 12.5. The zero-order valence-electron chi connectivity index (χ0n) is 40.5. The van der Waals surface area contributed by atoms with Gasteiger partial charge in [-0.1, -0.05) is 60.7 Å². The summed E-state index contributed by atoms with van der Waals surface area (Å²) in [6.45, 7) is 13.5. The molecule has 0 atom stereocenters. The number of nitrogens with zero attached hydrogens (tertiary/aromatic N) is 4. The first kappa shape index (κ1) is 50.2. The average Bonchev–Trinajstić information content (AvgIpc) is 4.15. The van der Waals surface area contributed by atoms with Crippen LogP contribution in [-0.4, -0.2) is 106 Å². The van der Waals surface area contributed by atoms with E-state index in [4.69, 9.17) is 27.8 Å². The lowest BCUT2D eigenvalue weighted by atomic mass is 10.0. The van der Waals surface area contributed by atoms with Gasteiger partial charge in [-0.3, -0.25) is 14.6 Å². The fourth-order valence-corrected chi connectivity index (χ4v) is 8.01. The van der Waals surface area contributed by atoms with Gasteiger partial charge < -0.3 is 38.0 Å². The number of hydrogen-bond donors (Lipinski definition) is 2. The Labute approximate surface area is 408 Å². The van der Waals surface area contributed by atoms with Gasteiger partial charge in [-0.05, 0) is 123 Å². The summed E-state index contributed by atoms with van der Waals surface area (Å²) in [4.78, 5) is 48.3. The van der Waals surface area contributed by atoms with E-state index in [2.05, 4.69) is 9.97 Å². The van der Waals surface area contributed by atoms with Crippen molar-refractivity contribution in [1.82, 2.24) is 19.8 Å². The molecule has 0 saturated carbocycles. The number of ether oxygens (including phenoxy) is 4. The molecular formula is C55H60N4O11. The van der Waals surface area contributed by atoms with E-state index in [0.717, 1.165) is 67.6 Å². The number of hydrogen-bond acceptors (Lipinski definition) is 12. The molecule has 0 spiro atoms. The Hall–Kier alpha value is -7.65. The smallest absolute Gasteiger partial charge is 0.410 e. The number of aliphatic hydroxyl groups excluding tert-OH is 1. The summed E-state index contributed by atoms with van der Waals surface area (Å²) in [5, 5.41) is 19.1. The van der Waals surface area contributed by atoms with Crippen molar-refractivity contribution in [2.75, 3.05) is 52.6 Å². The van der Waals surface area contributed by atoms with Crippen LogP contribution < -0.4 is 9.47 Å². The molecule has 0 aliphatic carbocycles. The van der Waals surface area contributed by atoms with Crippen molar-refractivity contribution < 1.29 is 52.4 Å². The minimum absolute atomic E-state index is 0.102. The molecule has 0 bridgehead atoms. The van der Waals surface area contributed by atoms with Crippen LogP contribution in [0.2, 0.25) is 0 Å². The fourth-order valence-electron chi connectivity index (χ4n) is 8.01. The Bertz CT molecular complexity index is 2790. The first-order chi connectivity index (χ1) is 33.7. The van der Waals surface area contributed by atoms with Crippen LogP contribution in [0.3, 0.4) is 0 Å². The number of aromatic nitrogens is 2. The largest absolute Gasteiger partial charge is 0.493 e. The highest BCUT2D eigenvalue weighted by atomic mass is 16.6. The molecule has 70 heavy (non-hydrogen) atoms. The Balaban J connectivity index is 0.000000206. The van der Waals surface area contributed by atoms with Gasteiger partial charge in [0.1, 0.15) is 28.6 Å². The highest BCUT2D eigenvalue weighted by Crippen LogP contribution is 2.32. The summed E-state index contributed by atoms with van der Waals surface area (Å²) >= 11 is 0. The van der Waals surface area contributed by atoms with Crippen molar-refractivity contribution >= 4 is 29.3 Å².